The van der Waals surface area contributed by atoms with E-state index in [0.29, 0.717) is 16.8 Å². The predicted molar refractivity (Wildman–Crippen MR) is 86.9 cm³/mol. The molecule has 2 N–H and O–H groups in total. The molecule has 114 valence electrons. The highest BCUT2D eigenvalue weighted by Gasteiger charge is 2.12. The summed E-state index contributed by atoms with van der Waals surface area (Å²) < 4.78 is 13.1. The van der Waals surface area contributed by atoms with Gasteiger partial charge in [-0.05, 0) is 35.4 Å². The van der Waals surface area contributed by atoms with Crippen LogP contribution < -0.4 is 10.9 Å². The van der Waals surface area contributed by atoms with Crippen LogP contribution in [0.2, 0.25) is 0 Å². The maximum Gasteiger partial charge on any atom is 0.256 e. The molecule has 0 saturated heterocycles. The lowest BCUT2D eigenvalue weighted by atomic mass is 9.99. The number of carbonyl (C=O) groups excluding carboxylic acids is 1. The first-order valence-electron chi connectivity index (χ1n) is 6.98. The minimum Gasteiger partial charge on any atom is -0.329 e. The zero-order chi connectivity index (χ0) is 16.2. The number of nitrogens with one attached hydrogen (secondary N) is 2. The molecule has 4 nitrogen and oxygen atoms in total. The van der Waals surface area contributed by atoms with E-state index in [2.05, 4.69) is 10.3 Å². The molecule has 0 bridgehead atoms. The topological polar surface area (TPSA) is 62.0 Å². The van der Waals surface area contributed by atoms with Crippen LogP contribution in [0, 0.1) is 5.82 Å². The van der Waals surface area contributed by atoms with Crippen molar-refractivity contribution in [3.63, 3.8) is 0 Å². The van der Waals surface area contributed by atoms with Gasteiger partial charge in [0.1, 0.15) is 5.82 Å². The monoisotopic (exact) mass is 308 g/mol. The van der Waals surface area contributed by atoms with Gasteiger partial charge in [-0.3, -0.25) is 9.59 Å². The average Bonchev–Trinajstić information content (AvgIpc) is 2.55. The summed E-state index contributed by atoms with van der Waals surface area (Å²) >= 11 is 0. The van der Waals surface area contributed by atoms with Crippen LogP contribution in [-0.4, -0.2) is 10.9 Å². The van der Waals surface area contributed by atoms with Crippen molar-refractivity contribution in [3.05, 3.63) is 88.6 Å². The largest absolute Gasteiger partial charge is 0.329 e. The number of hydrogen-bond acceptors (Lipinski definition) is 2. The van der Waals surface area contributed by atoms with Crippen molar-refractivity contribution in [3.8, 4) is 11.1 Å². The fraction of sp³-hybridized carbons (Fsp3) is 0. The van der Waals surface area contributed by atoms with Crippen molar-refractivity contribution >= 4 is 11.6 Å². The molecule has 0 fully saturated rings. The molecule has 3 aromatic rings. The van der Waals surface area contributed by atoms with E-state index < -0.39 is 0 Å². The maximum atomic E-state index is 13.1. The van der Waals surface area contributed by atoms with Crippen LogP contribution in [0.5, 0.6) is 0 Å². The predicted octanol–water partition coefficient (Wildman–Crippen LogP) is 3.43. The molecule has 1 heterocycles. The molecule has 0 saturated carbocycles. The third-order valence-corrected chi connectivity index (χ3v) is 3.36. The van der Waals surface area contributed by atoms with E-state index in [1.54, 1.807) is 36.4 Å². The Balaban J connectivity index is 1.95. The number of H-pyrrole nitrogens is 1. The Hall–Kier alpha value is -3.21. The number of anilines is 1. The molecule has 0 radical (unpaired) electrons. The number of rotatable bonds is 3. The standard InChI is InChI=1S/C18H13FN2O2/c19-13-7-5-12(6-8-13)15-3-1-2-4-16(15)18(23)21-14-9-10-20-17(22)11-14/h1-11H,(H2,20,21,22,23). The van der Waals surface area contributed by atoms with Gasteiger partial charge in [0.05, 0.1) is 0 Å². The van der Waals surface area contributed by atoms with Gasteiger partial charge in [-0.15, -0.1) is 0 Å². The van der Waals surface area contributed by atoms with Crippen molar-refractivity contribution < 1.29 is 9.18 Å². The van der Waals surface area contributed by atoms with Gasteiger partial charge < -0.3 is 10.3 Å². The summed E-state index contributed by atoms with van der Waals surface area (Å²) in [4.78, 5) is 26.3. The Morgan fingerprint density at radius 1 is 1.00 bits per heavy atom. The Kier molecular flexibility index (Phi) is 4.01. The van der Waals surface area contributed by atoms with Crippen molar-refractivity contribution in [2.75, 3.05) is 5.32 Å². The highest BCUT2D eigenvalue weighted by Crippen LogP contribution is 2.24. The Labute approximate surface area is 131 Å². The highest BCUT2D eigenvalue weighted by molar-refractivity contribution is 6.08. The molecular weight excluding hydrogens is 295 g/mol. The quantitative estimate of drug-likeness (QED) is 0.778. The lowest BCUT2D eigenvalue weighted by Crippen LogP contribution is -2.15. The number of pyridine rings is 1. The van der Waals surface area contributed by atoms with Crippen LogP contribution in [0.3, 0.4) is 0 Å². The summed E-state index contributed by atoms with van der Waals surface area (Å²) in [6, 6.07) is 15.9. The molecule has 0 spiro atoms. The Morgan fingerprint density at radius 2 is 1.74 bits per heavy atom. The molecule has 5 heteroatoms. The van der Waals surface area contributed by atoms with Gasteiger partial charge in [0, 0.05) is 23.5 Å². The van der Waals surface area contributed by atoms with Gasteiger partial charge in [-0.25, -0.2) is 4.39 Å². The Bertz CT molecular complexity index is 901. The zero-order valence-electron chi connectivity index (χ0n) is 12.0. The second kappa shape index (κ2) is 6.27. The summed E-state index contributed by atoms with van der Waals surface area (Å²) in [7, 11) is 0. The van der Waals surface area contributed by atoms with E-state index in [1.807, 2.05) is 6.07 Å². The maximum absolute atomic E-state index is 13.1. The number of aromatic amines is 1. The number of benzene rings is 2. The molecule has 0 aliphatic carbocycles. The average molecular weight is 308 g/mol. The minimum absolute atomic E-state index is 0.297. The van der Waals surface area contributed by atoms with Crippen LogP contribution >= 0.6 is 0 Å². The molecule has 0 aliphatic heterocycles. The second-order valence-corrected chi connectivity index (χ2v) is 4.95. The fourth-order valence-corrected chi connectivity index (χ4v) is 2.28. The van der Waals surface area contributed by atoms with Crippen molar-refractivity contribution in [2.45, 2.75) is 0 Å². The third kappa shape index (κ3) is 3.35. The van der Waals surface area contributed by atoms with Gasteiger partial charge in [-0.2, -0.15) is 0 Å². The van der Waals surface area contributed by atoms with Gasteiger partial charge in [0.15, 0.2) is 0 Å². The normalized spacial score (nSPS) is 10.3. The molecule has 2 aromatic carbocycles. The molecule has 1 amide bonds. The lowest BCUT2D eigenvalue weighted by molar-refractivity contribution is 0.102. The van der Waals surface area contributed by atoms with Crippen molar-refractivity contribution in [2.24, 2.45) is 0 Å². The van der Waals surface area contributed by atoms with E-state index >= 15 is 0 Å². The summed E-state index contributed by atoms with van der Waals surface area (Å²) in [6.07, 6.45) is 1.46. The first-order valence-corrected chi connectivity index (χ1v) is 6.98. The van der Waals surface area contributed by atoms with Gasteiger partial charge in [0.25, 0.3) is 5.91 Å². The molecule has 23 heavy (non-hydrogen) atoms. The summed E-state index contributed by atoms with van der Waals surface area (Å²) in [5.41, 5.74) is 1.99. The minimum atomic E-state index is -0.337. The van der Waals surface area contributed by atoms with Crippen LogP contribution in [0.15, 0.2) is 71.7 Å². The van der Waals surface area contributed by atoms with Crippen LogP contribution in [0.25, 0.3) is 11.1 Å². The van der Waals surface area contributed by atoms with E-state index in [4.69, 9.17) is 0 Å². The third-order valence-electron chi connectivity index (χ3n) is 3.36. The van der Waals surface area contributed by atoms with E-state index in [1.165, 1.54) is 24.4 Å². The molecule has 1 aromatic heterocycles. The van der Waals surface area contributed by atoms with Crippen molar-refractivity contribution in [1.29, 1.82) is 0 Å². The molecular formula is C18H13FN2O2. The first-order chi connectivity index (χ1) is 11.1. The summed E-state index contributed by atoms with van der Waals surface area (Å²) in [5, 5.41) is 2.69. The number of halogens is 1. The number of hydrogen-bond donors (Lipinski definition) is 2. The Morgan fingerprint density at radius 3 is 2.48 bits per heavy atom. The van der Waals surface area contributed by atoms with Crippen LogP contribution in [-0.2, 0) is 0 Å². The molecule has 0 atom stereocenters. The van der Waals surface area contributed by atoms with Gasteiger partial charge >= 0.3 is 0 Å². The first kappa shape index (κ1) is 14.7. The smallest absolute Gasteiger partial charge is 0.256 e. The summed E-state index contributed by atoms with van der Waals surface area (Å²) in [5.74, 6) is -0.672. The number of amides is 1. The molecule has 0 unspecified atom stereocenters. The van der Waals surface area contributed by atoms with Crippen molar-refractivity contribution in [1.82, 2.24) is 4.98 Å². The fourth-order valence-electron chi connectivity index (χ4n) is 2.28. The van der Waals surface area contributed by atoms with Gasteiger partial charge in [0.2, 0.25) is 5.56 Å². The SMILES string of the molecule is O=C(Nc1cc[nH]c(=O)c1)c1ccccc1-c1ccc(F)cc1. The lowest BCUT2D eigenvalue weighted by Gasteiger charge is -2.10. The molecule has 0 aliphatic rings. The van der Waals surface area contributed by atoms with E-state index in [-0.39, 0.29) is 17.3 Å². The molecule has 3 rings (SSSR count). The van der Waals surface area contributed by atoms with E-state index in [0.717, 1.165) is 5.56 Å². The number of carbonyl (C=O) groups is 1. The zero-order valence-corrected chi connectivity index (χ0v) is 12.0. The summed E-state index contributed by atoms with van der Waals surface area (Å²) in [6.45, 7) is 0. The second-order valence-electron chi connectivity index (χ2n) is 4.95. The number of aromatic nitrogens is 1. The van der Waals surface area contributed by atoms with Crippen LogP contribution in [0.4, 0.5) is 10.1 Å². The highest BCUT2D eigenvalue weighted by atomic mass is 19.1. The van der Waals surface area contributed by atoms with E-state index in [9.17, 15) is 14.0 Å². The van der Waals surface area contributed by atoms with Gasteiger partial charge in [-0.1, -0.05) is 30.3 Å². The van der Waals surface area contributed by atoms with Crippen LogP contribution in [0.1, 0.15) is 10.4 Å².